The first kappa shape index (κ1) is 18.7. The third-order valence-electron chi connectivity index (χ3n) is 4.16. The van der Waals surface area contributed by atoms with E-state index in [4.69, 9.17) is 4.74 Å². The van der Waals surface area contributed by atoms with Crippen LogP contribution in [0.1, 0.15) is 12.5 Å². The second-order valence-corrected chi connectivity index (χ2v) is 6.36. The number of carbonyl (C=O) groups is 1. The molecule has 0 fully saturated rings. The molecule has 0 radical (unpaired) electrons. The molecular weight excluding hydrogens is 344 g/mol. The maximum Gasteiger partial charge on any atom is 0.240 e. The average molecular weight is 368 g/mol. The minimum absolute atomic E-state index is 0.117. The maximum absolute atomic E-state index is 12.5. The van der Waals surface area contributed by atoms with Gasteiger partial charge < -0.3 is 25.0 Å². The van der Waals surface area contributed by atoms with E-state index in [0.717, 1.165) is 22.3 Å². The summed E-state index contributed by atoms with van der Waals surface area (Å²) in [4.78, 5) is 17.0. The van der Waals surface area contributed by atoms with Gasteiger partial charge in [0.1, 0.15) is 12.3 Å². The number of nitrogens with one attached hydrogen (secondary N) is 2. The Balaban J connectivity index is 1.70. The lowest BCUT2D eigenvalue weighted by molar-refractivity contribution is -0.121. The molecule has 1 heterocycles. The number of carbonyl (C=O) groups excluding carboxylic acids is 1. The van der Waals surface area contributed by atoms with Gasteiger partial charge in [0.2, 0.25) is 11.9 Å². The van der Waals surface area contributed by atoms with Crippen molar-refractivity contribution in [3.63, 3.8) is 0 Å². The fourth-order valence-electron chi connectivity index (χ4n) is 2.75. The first-order valence-electron chi connectivity index (χ1n) is 8.83. The van der Waals surface area contributed by atoms with Crippen molar-refractivity contribution >= 4 is 22.9 Å². The number of rotatable bonds is 8. The van der Waals surface area contributed by atoms with Gasteiger partial charge in [-0.25, -0.2) is 4.98 Å². The summed E-state index contributed by atoms with van der Waals surface area (Å²) >= 11 is 0. The summed E-state index contributed by atoms with van der Waals surface area (Å²) in [5.41, 5.74) is 2.66. The monoisotopic (exact) mass is 368 g/mol. The molecule has 3 N–H and O–H groups in total. The highest BCUT2D eigenvalue weighted by molar-refractivity contribution is 5.83. The summed E-state index contributed by atoms with van der Waals surface area (Å²) in [6, 6.07) is 15.2. The molecule has 7 nitrogen and oxygen atoms in total. The fourth-order valence-corrected chi connectivity index (χ4v) is 2.75. The Hall–Kier alpha value is -3.06. The largest absolute Gasteiger partial charge is 0.497 e. The molecule has 2 aromatic carbocycles. The van der Waals surface area contributed by atoms with E-state index < -0.39 is 6.10 Å². The van der Waals surface area contributed by atoms with Crippen LogP contribution < -0.4 is 15.4 Å². The molecule has 1 aromatic heterocycles. The Morgan fingerprint density at radius 2 is 1.96 bits per heavy atom. The van der Waals surface area contributed by atoms with Gasteiger partial charge in [-0.3, -0.25) is 4.79 Å². The molecule has 0 aliphatic heterocycles. The lowest BCUT2D eigenvalue weighted by Crippen LogP contribution is -2.28. The van der Waals surface area contributed by atoms with Gasteiger partial charge in [-0.15, -0.1) is 0 Å². The summed E-state index contributed by atoms with van der Waals surface area (Å²) in [7, 11) is 1.62. The lowest BCUT2D eigenvalue weighted by atomic mass is 10.2. The van der Waals surface area contributed by atoms with Crippen LogP contribution in [0.4, 0.5) is 5.95 Å². The Bertz CT molecular complexity index is 903. The summed E-state index contributed by atoms with van der Waals surface area (Å²) in [5.74, 6) is 1.23. The van der Waals surface area contributed by atoms with Crippen LogP contribution in [0.15, 0.2) is 48.5 Å². The van der Waals surface area contributed by atoms with Crippen molar-refractivity contribution in [2.24, 2.45) is 0 Å². The predicted octanol–water partition coefficient (Wildman–Crippen LogP) is 2.15. The number of benzene rings is 2. The van der Waals surface area contributed by atoms with Crippen molar-refractivity contribution in [2.75, 3.05) is 19.0 Å². The molecule has 3 aromatic rings. The Morgan fingerprint density at radius 1 is 1.22 bits per heavy atom. The molecular formula is C20H24N4O3. The standard InChI is InChI=1S/C20H24N4O3/c1-14(25)11-22-20-23-17-5-3-4-6-18(17)24(20)13-19(26)21-12-15-7-9-16(27-2)10-8-15/h3-10,14,25H,11-13H2,1-2H3,(H,21,26)(H,22,23). The van der Waals surface area contributed by atoms with Crippen molar-refractivity contribution in [1.29, 1.82) is 0 Å². The van der Waals surface area contributed by atoms with Gasteiger partial charge in [0.25, 0.3) is 0 Å². The molecule has 1 amide bonds. The van der Waals surface area contributed by atoms with Crippen molar-refractivity contribution in [2.45, 2.75) is 26.1 Å². The number of anilines is 1. The van der Waals surface area contributed by atoms with Crippen LogP contribution in [-0.2, 0) is 17.9 Å². The topological polar surface area (TPSA) is 88.4 Å². The van der Waals surface area contributed by atoms with Crippen molar-refractivity contribution in [3.8, 4) is 5.75 Å². The summed E-state index contributed by atoms with van der Waals surface area (Å²) in [6.45, 7) is 2.63. The Morgan fingerprint density at radius 3 is 2.67 bits per heavy atom. The van der Waals surface area contributed by atoms with Crippen molar-refractivity contribution in [1.82, 2.24) is 14.9 Å². The Labute approximate surface area is 158 Å². The van der Waals surface area contributed by atoms with Crippen LogP contribution in [0.2, 0.25) is 0 Å². The quantitative estimate of drug-likeness (QED) is 0.567. The van der Waals surface area contributed by atoms with E-state index in [0.29, 0.717) is 19.0 Å². The summed E-state index contributed by atoms with van der Waals surface area (Å²) in [5, 5.41) is 15.5. The fraction of sp³-hybridized carbons (Fsp3) is 0.300. The number of hydrogen-bond acceptors (Lipinski definition) is 5. The second kappa shape index (κ2) is 8.55. The number of aliphatic hydroxyl groups excluding tert-OH is 1. The average Bonchev–Trinajstić information content (AvgIpc) is 3.02. The minimum Gasteiger partial charge on any atom is -0.497 e. The third-order valence-corrected chi connectivity index (χ3v) is 4.16. The van der Waals surface area contributed by atoms with Crippen LogP contribution in [0.25, 0.3) is 11.0 Å². The molecule has 0 aliphatic carbocycles. The molecule has 0 bridgehead atoms. The van der Waals surface area contributed by atoms with Gasteiger partial charge in [0, 0.05) is 13.1 Å². The zero-order valence-electron chi connectivity index (χ0n) is 15.5. The van der Waals surface area contributed by atoms with Gasteiger partial charge in [-0.1, -0.05) is 24.3 Å². The predicted molar refractivity (Wildman–Crippen MR) is 105 cm³/mol. The summed E-state index contributed by atoms with van der Waals surface area (Å²) in [6.07, 6.45) is -0.512. The van der Waals surface area contributed by atoms with Gasteiger partial charge in [0.15, 0.2) is 0 Å². The molecule has 0 aliphatic rings. The van der Waals surface area contributed by atoms with Gasteiger partial charge >= 0.3 is 0 Å². The summed E-state index contributed by atoms with van der Waals surface area (Å²) < 4.78 is 6.96. The van der Waals surface area contributed by atoms with Gasteiger partial charge in [0.05, 0.1) is 24.2 Å². The molecule has 0 spiro atoms. The van der Waals surface area contributed by atoms with E-state index in [1.165, 1.54) is 0 Å². The van der Waals surface area contributed by atoms with Gasteiger partial charge in [-0.05, 0) is 36.8 Å². The first-order chi connectivity index (χ1) is 13.1. The van der Waals surface area contributed by atoms with E-state index in [-0.39, 0.29) is 12.5 Å². The number of fused-ring (bicyclic) bond motifs is 1. The highest BCUT2D eigenvalue weighted by Gasteiger charge is 2.14. The van der Waals surface area contributed by atoms with E-state index in [1.807, 2.05) is 53.1 Å². The highest BCUT2D eigenvalue weighted by atomic mass is 16.5. The van der Waals surface area contributed by atoms with Crippen LogP contribution in [-0.4, -0.2) is 40.3 Å². The molecule has 3 rings (SSSR count). The van der Waals surface area contributed by atoms with Crippen LogP contribution in [0, 0.1) is 0 Å². The molecule has 27 heavy (non-hydrogen) atoms. The second-order valence-electron chi connectivity index (χ2n) is 6.36. The molecule has 142 valence electrons. The third kappa shape index (κ3) is 4.77. The Kier molecular flexibility index (Phi) is 5.93. The molecule has 7 heteroatoms. The number of aliphatic hydroxyl groups is 1. The molecule has 0 saturated carbocycles. The van der Waals surface area contributed by atoms with E-state index in [2.05, 4.69) is 15.6 Å². The van der Waals surface area contributed by atoms with E-state index >= 15 is 0 Å². The van der Waals surface area contributed by atoms with E-state index in [9.17, 15) is 9.90 Å². The van der Waals surface area contributed by atoms with Crippen LogP contribution in [0.5, 0.6) is 5.75 Å². The van der Waals surface area contributed by atoms with Crippen molar-refractivity contribution in [3.05, 3.63) is 54.1 Å². The number of nitrogens with zero attached hydrogens (tertiary/aromatic N) is 2. The van der Waals surface area contributed by atoms with Crippen LogP contribution >= 0.6 is 0 Å². The number of aromatic nitrogens is 2. The number of imidazole rings is 1. The maximum atomic E-state index is 12.5. The number of methoxy groups -OCH3 is 1. The molecule has 1 atom stereocenters. The molecule has 1 unspecified atom stereocenters. The van der Waals surface area contributed by atoms with Crippen LogP contribution in [0.3, 0.4) is 0 Å². The molecule has 0 saturated heterocycles. The lowest BCUT2D eigenvalue weighted by Gasteiger charge is -2.12. The number of para-hydroxylation sites is 2. The number of hydrogen-bond donors (Lipinski definition) is 3. The SMILES string of the molecule is COc1ccc(CNC(=O)Cn2c(NCC(C)O)nc3ccccc32)cc1. The van der Waals surface area contributed by atoms with E-state index in [1.54, 1.807) is 14.0 Å². The number of ether oxygens (including phenoxy) is 1. The normalized spacial score (nSPS) is 12.0. The zero-order valence-corrected chi connectivity index (χ0v) is 15.5. The highest BCUT2D eigenvalue weighted by Crippen LogP contribution is 2.19. The number of amides is 1. The minimum atomic E-state index is -0.512. The first-order valence-corrected chi connectivity index (χ1v) is 8.83. The zero-order chi connectivity index (χ0) is 19.2. The smallest absolute Gasteiger partial charge is 0.240 e. The van der Waals surface area contributed by atoms with Gasteiger partial charge in [-0.2, -0.15) is 0 Å². The van der Waals surface area contributed by atoms with Crippen molar-refractivity contribution < 1.29 is 14.6 Å².